The lowest BCUT2D eigenvalue weighted by atomic mass is 10.2. The Kier molecular flexibility index (Phi) is 5.02. The summed E-state index contributed by atoms with van der Waals surface area (Å²) in [6.45, 7) is -0.842. The van der Waals surface area contributed by atoms with Gasteiger partial charge in [-0.25, -0.2) is 4.79 Å². The number of nitrogens with zero attached hydrogens (tertiary/aromatic N) is 1. The number of amides is 2. The second kappa shape index (κ2) is 6.12. The molecule has 110 valence electrons. The maximum Gasteiger partial charge on any atom is 0.406 e. The third-order valence-corrected chi connectivity index (χ3v) is 2.74. The lowest BCUT2D eigenvalue weighted by molar-refractivity contribution is -0.149. The van der Waals surface area contributed by atoms with E-state index in [-0.39, 0.29) is 10.9 Å². The fourth-order valence-electron chi connectivity index (χ4n) is 1.79. The van der Waals surface area contributed by atoms with Gasteiger partial charge in [0, 0.05) is 6.04 Å². The van der Waals surface area contributed by atoms with Crippen molar-refractivity contribution in [2.24, 2.45) is 5.92 Å². The fraction of sp³-hybridized carbons (Fsp3) is 0.818. The van der Waals surface area contributed by atoms with Crippen LogP contribution in [0, 0.1) is 5.92 Å². The Morgan fingerprint density at radius 2 is 2.00 bits per heavy atom. The minimum atomic E-state index is -4.62. The number of carboxylic acids is 1. The zero-order valence-corrected chi connectivity index (χ0v) is 10.5. The summed E-state index contributed by atoms with van der Waals surface area (Å²) in [4.78, 5) is 22.4. The molecule has 5 nitrogen and oxygen atoms in total. The van der Waals surface area contributed by atoms with Gasteiger partial charge in [-0.15, -0.1) is 0 Å². The molecule has 2 N–H and O–H groups in total. The molecule has 19 heavy (non-hydrogen) atoms. The molecule has 0 radical (unpaired) electrons. The summed E-state index contributed by atoms with van der Waals surface area (Å²) in [6.07, 6.45) is -1.77. The maximum atomic E-state index is 12.3. The topological polar surface area (TPSA) is 69.6 Å². The minimum Gasteiger partial charge on any atom is -0.480 e. The number of urea groups is 1. The Bertz CT molecular complexity index is 343. The number of hydrogen-bond donors (Lipinski definition) is 2. The van der Waals surface area contributed by atoms with Gasteiger partial charge in [0.25, 0.3) is 0 Å². The van der Waals surface area contributed by atoms with Crippen LogP contribution in [0.3, 0.4) is 0 Å². The van der Waals surface area contributed by atoms with E-state index in [0.717, 1.165) is 12.8 Å². The molecule has 1 atom stereocenters. The third-order valence-electron chi connectivity index (χ3n) is 2.74. The van der Waals surface area contributed by atoms with Crippen molar-refractivity contribution in [3.8, 4) is 0 Å². The summed E-state index contributed by atoms with van der Waals surface area (Å²) in [7, 11) is 0. The van der Waals surface area contributed by atoms with Crippen LogP contribution in [0.25, 0.3) is 0 Å². The first-order valence-electron chi connectivity index (χ1n) is 6.01. The van der Waals surface area contributed by atoms with E-state index in [0.29, 0.717) is 12.3 Å². The monoisotopic (exact) mass is 282 g/mol. The second-order valence-electron chi connectivity index (χ2n) is 4.89. The van der Waals surface area contributed by atoms with E-state index in [1.54, 1.807) is 6.92 Å². The molecule has 0 spiro atoms. The largest absolute Gasteiger partial charge is 0.480 e. The van der Waals surface area contributed by atoms with E-state index in [1.807, 2.05) is 0 Å². The molecule has 1 rings (SSSR count). The average Bonchev–Trinajstić information content (AvgIpc) is 2.97. The zero-order valence-electron chi connectivity index (χ0n) is 10.5. The standard InChI is InChI=1S/C11H17F3N2O3/c1-7(4-8-2-3-8)15-10(19)16(5-9(17)18)6-11(12,13)14/h7-8H,2-6H2,1H3,(H,15,19)(H,17,18). The van der Waals surface area contributed by atoms with Gasteiger partial charge in [0.2, 0.25) is 0 Å². The molecule has 1 aliphatic carbocycles. The van der Waals surface area contributed by atoms with Crippen molar-refractivity contribution in [3.63, 3.8) is 0 Å². The van der Waals surface area contributed by atoms with Gasteiger partial charge in [-0.3, -0.25) is 4.79 Å². The number of alkyl halides is 3. The molecular weight excluding hydrogens is 265 g/mol. The van der Waals surface area contributed by atoms with E-state index in [9.17, 15) is 22.8 Å². The Morgan fingerprint density at radius 3 is 2.42 bits per heavy atom. The van der Waals surface area contributed by atoms with Crippen LogP contribution >= 0.6 is 0 Å². The predicted octanol–water partition coefficient (Wildman–Crippen LogP) is 1.83. The summed E-state index contributed by atoms with van der Waals surface area (Å²) in [5.74, 6) is -0.958. The summed E-state index contributed by atoms with van der Waals surface area (Å²) in [5.41, 5.74) is 0. The minimum absolute atomic E-state index is 0.256. The normalized spacial score (nSPS) is 16.8. The van der Waals surface area contributed by atoms with Crippen molar-refractivity contribution in [3.05, 3.63) is 0 Å². The van der Waals surface area contributed by atoms with Crippen LogP contribution in [-0.4, -0.2) is 47.3 Å². The molecule has 1 fully saturated rings. The Morgan fingerprint density at radius 1 is 1.42 bits per heavy atom. The molecule has 0 aromatic heterocycles. The quantitative estimate of drug-likeness (QED) is 0.781. The van der Waals surface area contributed by atoms with Gasteiger partial charge in [0.05, 0.1) is 0 Å². The van der Waals surface area contributed by atoms with Crippen LogP contribution in [0.5, 0.6) is 0 Å². The number of halogens is 3. The molecule has 0 saturated heterocycles. The molecule has 1 unspecified atom stereocenters. The van der Waals surface area contributed by atoms with Crippen molar-refractivity contribution >= 4 is 12.0 Å². The molecule has 0 aromatic rings. The van der Waals surface area contributed by atoms with Crippen molar-refractivity contribution in [1.29, 1.82) is 0 Å². The van der Waals surface area contributed by atoms with Gasteiger partial charge >= 0.3 is 18.2 Å². The molecule has 1 saturated carbocycles. The molecule has 0 aromatic carbocycles. The van der Waals surface area contributed by atoms with Crippen LogP contribution < -0.4 is 5.32 Å². The number of carboxylic acid groups (broad SMARTS) is 1. The van der Waals surface area contributed by atoms with Gasteiger partial charge in [0.15, 0.2) is 0 Å². The van der Waals surface area contributed by atoms with E-state index in [4.69, 9.17) is 5.11 Å². The Balaban J connectivity index is 2.51. The highest BCUT2D eigenvalue weighted by Gasteiger charge is 2.34. The lowest BCUT2D eigenvalue weighted by Gasteiger charge is -2.24. The molecule has 8 heteroatoms. The van der Waals surface area contributed by atoms with Crippen molar-refractivity contribution < 1.29 is 27.9 Å². The van der Waals surface area contributed by atoms with E-state index in [1.165, 1.54) is 0 Å². The van der Waals surface area contributed by atoms with Gasteiger partial charge in [0.1, 0.15) is 13.1 Å². The predicted molar refractivity (Wildman–Crippen MR) is 60.6 cm³/mol. The third kappa shape index (κ3) is 6.88. The SMILES string of the molecule is CC(CC1CC1)NC(=O)N(CC(=O)O)CC(F)(F)F. The number of nitrogens with one attached hydrogen (secondary N) is 1. The lowest BCUT2D eigenvalue weighted by Crippen LogP contribution is -2.49. The van der Waals surface area contributed by atoms with Crippen molar-refractivity contribution in [2.75, 3.05) is 13.1 Å². The molecule has 0 aliphatic heterocycles. The van der Waals surface area contributed by atoms with Crippen molar-refractivity contribution in [2.45, 2.75) is 38.4 Å². The first kappa shape index (κ1) is 15.6. The number of aliphatic carboxylic acids is 1. The average molecular weight is 282 g/mol. The van der Waals surface area contributed by atoms with Crippen LogP contribution in [-0.2, 0) is 4.79 Å². The number of carbonyl (C=O) groups excluding carboxylic acids is 1. The maximum absolute atomic E-state index is 12.3. The van der Waals surface area contributed by atoms with Gasteiger partial charge < -0.3 is 15.3 Å². The van der Waals surface area contributed by atoms with Crippen LogP contribution in [0.2, 0.25) is 0 Å². The van der Waals surface area contributed by atoms with Crippen LogP contribution in [0.15, 0.2) is 0 Å². The zero-order chi connectivity index (χ0) is 14.6. The Labute approximate surface area is 108 Å². The summed E-state index contributed by atoms with van der Waals surface area (Å²) >= 11 is 0. The summed E-state index contributed by atoms with van der Waals surface area (Å²) in [6, 6.07) is -1.25. The Hall–Kier alpha value is -1.47. The molecule has 2 amide bonds. The van der Waals surface area contributed by atoms with E-state index >= 15 is 0 Å². The molecular formula is C11H17F3N2O3. The van der Waals surface area contributed by atoms with E-state index in [2.05, 4.69) is 5.32 Å². The molecule has 0 bridgehead atoms. The summed E-state index contributed by atoms with van der Waals surface area (Å²) < 4.78 is 36.8. The number of rotatable bonds is 6. The second-order valence-corrected chi connectivity index (χ2v) is 4.89. The van der Waals surface area contributed by atoms with Crippen LogP contribution in [0.4, 0.5) is 18.0 Å². The number of hydrogen-bond acceptors (Lipinski definition) is 2. The smallest absolute Gasteiger partial charge is 0.406 e. The fourth-order valence-corrected chi connectivity index (χ4v) is 1.79. The highest BCUT2D eigenvalue weighted by molar-refractivity contribution is 5.80. The van der Waals surface area contributed by atoms with Crippen molar-refractivity contribution in [1.82, 2.24) is 10.2 Å². The molecule has 1 aliphatic rings. The van der Waals surface area contributed by atoms with Gasteiger partial charge in [-0.05, 0) is 19.3 Å². The van der Waals surface area contributed by atoms with E-state index < -0.39 is 31.3 Å². The van der Waals surface area contributed by atoms with Gasteiger partial charge in [-0.1, -0.05) is 12.8 Å². The van der Waals surface area contributed by atoms with Crippen LogP contribution in [0.1, 0.15) is 26.2 Å². The first-order valence-corrected chi connectivity index (χ1v) is 6.01. The molecule has 0 heterocycles. The summed E-state index contributed by atoms with van der Waals surface area (Å²) in [5, 5.41) is 10.9. The first-order chi connectivity index (χ1) is 8.67. The highest BCUT2D eigenvalue weighted by atomic mass is 19.4. The highest BCUT2D eigenvalue weighted by Crippen LogP contribution is 2.33. The number of carbonyl (C=O) groups is 2. The van der Waals surface area contributed by atoms with Gasteiger partial charge in [-0.2, -0.15) is 13.2 Å².